The van der Waals surface area contributed by atoms with Crippen LogP contribution in [0.2, 0.25) is 0 Å². The van der Waals surface area contributed by atoms with Gasteiger partial charge in [-0.3, -0.25) is 9.59 Å². The first kappa shape index (κ1) is 67.6. The molecule has 2 aliphatic heterocycles. The van der Waals surface area contributed by atoms with Crippen molar-refractivity contribution in [3.63, 3.8) is 0 Å². The van der Waals surface area contributed by atoms with Crippen LogP contribution in [0.3, 0.4) is 0 Å². The lowest BCUT2D eigenvalue weighted by molar-refractivity contribution is -0.332. The number of aliphatic hydroxyl groups excluding tert-OH is 7. The minimum absolute atomic E-state index is 0.174. The first-order valence-electron chi connectivity index (χ1n) is 30.1. The minimum Gasteiger partial charge on any atom is -0.462 e. The number of ether oxygens (including phenoxy) is 6. The monoisotopic (exact) mass is 1050 g/mol. The van der Waals surface area contributed by atoms with E-state index in [0.717, 1.165) is 38.5 Å². The molecule has 0 spiro atoms. The van der Waals surface area contributed by atoms with E-state index < -0.39 is 92.7 Å². The fraction of sp³-hybridized carbons (Fsp3) is 0.966. The molecule has 0 saturated carbocycles. The lowest BCUT2D eigenvalue weighted by atomic mass is 9.98. The highest BCUT2D eigenvalue weighted by atomic mass is 16.7. The molecule has 0 amide bonds. The molecule has 15 heteroatoms. The molecule has 11 atom stereocenters. The molecule has 2 aliphatic rings. The van der Waals surface area contributed by atoms with Gasteiger partial charge >= 0.3 is 11.9 Å². The zero-order valence-electron chi connectivity index (χ0n) is 46.2. The quantitative estimate of drug-likeness (QED) is 0.0222. The van der Waals surface area contributed by atoms with Crippen molar-refractivity contribution in [3.8, 4) is 0 Å². The highest BCUT2D eigenvalue weighted by Crippen LogP contribution is 2.27. The molecular formula is C58H110O15. The second kappa shape index (κ2) is 45.5. The zero-order chi connectivity index (χ0) is 53.2. The topological polar surface area (TPSA) is 231 Å². The number of carbonyl (C=O) groups is 2. The van der Waals surface area contributed by atoms with Crippen LogP contribution in [0, 0.1) is 0 Å². The average molecular weight is 1050 g/mol. The summed E-state index contributed by atoms with van der Waals surface area (Å²) in [7, 11) is 0. The Morgan fingerprint density at radius 2 is 0.699 bits per heavy atom. The van der Waals surface area contributed by atoms with Gasteiger partial charge in [-0.05, 0) is 12.8 Å². The Kier molecular flexibility index (Phi) is 42.2. The van der Waals surface area contributed by atoms with E-state index in [0.29, 0.717) is 12.8 Å². The van der Waals surface area contributed by atoms with Crippen LogP contribution >= 0.6 is 0 Å². The normalized spacial score (nSPS) is 24.7. The van der Waals surface area contributed by atoms with E-state index in [1.165, 1.54) is 186 Å². The summed E-state index contributed by atoms with van der Waals surface area (Å²) in [6.45, 7) is 2.65. The van der Waals surface area contributed by atoms with Crippen LogP contribution < -0.4 is 0 Å². The second-order valence-electron chi connectivity index (χ2n) is 21.5. The van der Waals surface area contributed by atoms with Crippen molar-refractivity contribution < 1.29 is 73.8 Å². The standard InChI is InChI=1S/C58H110O15/c1-3-5-7-9-11-13-15-17-18-19-20-21-22-23-24-25-26-27-29-31-33-35-37-39-41-50(61)71-46(43-68-49(60)40-38-36-34-32-30-28-16-14-12-10-8-6-4-2)44-69-57-56(67)54(65)52(63)48(73-57)45-70-58-55(66)53(64)51(62)47(42-59)72-58/h46-48,51-59,62-67H,3-45H2,1-2H3. The van der Waals surface area contributed by atoms with Crippen molar-refractivity contribution in [2.75, 3.05) is 26.4 Å². The largest absolute Gasteiger partial charge is 0.462 e. The maximum atomic E-state index is 13.1. The smallest absolute Gasteiger partial charge is 0.306 e. The molecular weight excluding hydrogens is 937 g/mol. The Hall–Kier alpha value is -1.50. The van der Waals surface area contributed by atoms with Gasteiger partial charge in [-0.25, -0.2) is 0 Å². The van der Waals surface area contributed by atoms with E-state index in [2.05, 4.69) is 13.8 Å². The SMILES string of the molecule is CCCCCCCCCCCCCCCCCCCCCCCCCCC(=O)OC(COC(=O)CCCCCCCCCCCCCCC)COC1OC(COC2OC(CO)C(O)C(O)C2O)C(O)C(O)C1O. The molecule has 0 aromatic heterocycles. The summed E-state index contributed by atoms with van der Waals surface area (Å²) < 4.78 is 33.7. The van der Waals surface area contributed by atoms with Crippen molar-refractivity contribution in [3.05, 3.63) is 0 Å². The lowest BCUT2D eigenvalue weighted by Crippen LogP contribution is -2.61. The molecule has 2 fully saturated rings. The molecule has 0 bridgehead atoms. The predicted molar refractivity (Wildman–Crippen MR) is 285 cm³/mol. The third-order valence-corrected chi connectivity index (χ3v) is 14.8. The molecule has 7 N–H and O–H groups in total. The van der Waals surface area contributed by atoms with E-state index in [9.17, 15) is 45.3 Å². The lowest BCUT2D eigenvalue weighted by Gasteiger charge is -2.42. The molecule has 2 rings (SSSR count). The van der Waals surface area contributed by atoms with Gasteiger partial charge in [-0.1, -0.05) is 239 Å². The Balaban J connectivity index is 1.70. The first-order valence-corrected chi connectivity index (χ1v) is 30.1. The fourth-order valence-electron chi connectivity index (χ4n) is 9.93. The van der Waals surface area contributed by atoms with Crippen molar-refractivity contribution in [2.24, 2.45) is 0 Å². The Morgan fingerprint density at radius 3 is 1.07 bits per heavy atom. The van der Waals surface area contributed by atoms with E-state index >= 15 is 0 Å². The van der Waals surface area contributed by atoms with Crippen LogP contribution in [0.1, 0.15) is 264 Å². The van der Waals surface area contributed by atoms with Crippen molar-refractivity contribution in [1.82, 2.24) is 0 Å². The summed E-state index contributed by atoms with van der Waals surface area (Å²) >= 11 is 0. The summed E-state index contributed by atoms with van der Waals surface area (Å²) in [4.78, 5) is 25.9. The molecule has 15 nitrogen and oxygen atoms in total. The molecule has 11 unspecified atom stereocenters. The summed E-state index contributed by atoms with van der Waals surface area (Å²) in [5.41, 5.74) is 0. The van der Waals surface area contributed by atoms with E-state index in [1.807, 2.05) is 0 Å². The Bertz CT molecular complexity index is 1280. The van der Waals surface area contributed by atoms with Gasteiger partial charge in [0.05, 0.1) is 19.8 Å². The predicted octanol–water partition coefficient (Wildman–Crippen LogP) is 10.3. The van der Waals surface area contributed by atoms with E-state index in [1.54, 1.807) is 0 Å². The van der Waals surface area contributed by atoms with Gasteiger partial charge in [-0.2, -0.15) is 0 Å². The Labute approximate surface area is 442 Å². The highest BCUT2D eigenvalue weighted by Gasteiger charge is 2.47. The van der Waals surface area contributed by atoms with Crippen LogP contribution in [0.25, 0.3) is 0 Å². The summed E-state index contributed by atoms with van der Waals surface area (Å²) in [6.07, 6.45) is 29.9. The van der Waals surface area contributed by atoms with Gasteiger partial charge in [0.25, 0.3) is 0 Å². The second-order valence-corrected chi connectivity index (χ2v) is 21.5. The highest BCUT2D eigenvalue weighted by molar-refractivity contribution is 5.70. The van der Waals surface area contributed by atoms with Crippen LogP contribution in [0.15, 0.2) is 0 Å². The average Bonchev–Trinajstić information content (AvgIpc) is 3.38. The first-order chi connectivity index (χ1) is 35.5. The number of rotatable bonds is 49. The molecule has 0 aromatic carbocycles. The van der Waals surface area contributed by atoms with Gasteiger partial charge in [0, 0.05) is 12.8 Å². The summed E-state index contributed by atoms with van der Waals surface area (Å²) in [5, 5.41) is 72.3. The van der Waals surface area contributed by atoms with E-state index in [4.69, 9.17) is 28.4 Å². The molecule has 0 aliphatic carbocycles. The number of aliphatic hydroxyl groups is 7. The molecule has 0 aromatic rings. The molecule has 432 valence electrons. The number of unbranched alkanes of at least 4 members (excludes halogenated alkanes) is 35. The fourth-order valence-corrected chi connectivity index (χ4v) is 9.93. The number of carbonyl (C=O) groups excluding carboxylic acids is 2. The van der Waals surface area contributed by atoms with Crippen LogP contribution in [-0.4, -0.2) is 142 Å². The third-order valence-electron chi connectivity index (χ3n) is 14.8. The minimum atomic E-state index is -1.76. The van der Waals surface area contributed by atoms with Crippen molar-refractivity contribution in [1.29, 1.82) is 0 Å². The van der Waals surface area contributed by atoms with E-state index in [-0.39, 0.29) is 26.1 Å². The van der Waals surface area contributed by atoms with Crippen LogP contribution in [0.4, 0.5) is 0 Å². The maximum absolute atomic E-state index is 13.1. The molecule has 2 saturated heterocycles. The number of esters is 2. The van der Waals surface area contributed by atoms with Gasteiger partial charge in [0.1, 0.15) is 55.4 Å². The molecule has 73 heavy (non-hydrogen) atoms. The third kappa shape index (κ3) is 32.8. The maximum Gasteiger partial charge on any atom is 0.306 e. The van der Waals surface area contributed by atoms with Gasteiger partial charge in [0.2, 0.25) is 0 Å². The summed E-state index contributed by atoms with van der Waals surface area (Å²) in [6, 6.07) is 0. The van der Waals surface area contributed by atoms with Crippen LogP contribution in [0.5, 0.6) is 0 Å². The number of hydrogen-bond acceptors (Lipinski definition) is 15. The van der Waals surface area contributed by atoms with Crippen LogP contribution in [-0.2, 0) is 38.0 Å². The van der Waals surface area contributed by atoms with Gasteiger partial charge in [0.15, 0.2) is 18.7 Å². The molecule has 0 radical (unpaired) electrons. The Morgan fingerprint density at radius 1 is 0.384 bits per heavy atom. The van der Waals surface area contributed by atoms with Crippen molar-refractivity contribution >= 4 is 11.9 Å². The van der Waals surface area contributed by atoms with Crippen molar-refractivity contribution in [2.45, 2.75) is 332 Å². The number of hydrogen-bond donors (Lipinski definition) is 7. The summed E-state index contributed by atoms with van der Waals surface area (Å²) in [5.74, 6) is -0.904. The van der Waals surface area contributed by atoms with Gasteiger partial charge in [-0.15, -0.1) is 0 Å². The molecule has 2 heterocycles. The van der Waals surface area contributed by atoms with Gasteiger partial charge < -0.3 is 64.2 Å². The zero-order valence-corrected chi connectivity index (χ0v) is 46.2.